The largest absolute Gasteiger partial charge is 0.463 e. The van der Waals surface area contributed by atoms with Crippen LogP contribution in [0, 0.1) is 5.41 Å². The SMILES string of the molecule is CCOC(=O)/C(C)=C1\CCC(C)(C)C1. The summed E-state index contributed by atoms with van der Waals surface area (Å²) in [5, 5.41) is 0. The van der Waals surface area contributed by atoms with E-state index in [-0.39, 0.29) is 5.97 Å². The van der Waals surface area contributed by atoms with E-state index in [4.69, 9.17) is 4.74 Å². The molecule has 0 heterocycles. The summed E-state index contributed by atoms with van der Waals surface area (Å²) in [5.74, 6) is -0.139. The van der Waals surface area contributed by atoms with Gasteiger partial charge in [-0.2, -0.15) is 0 Å². The van der Waals surface area contributed by atoms with Crippen LogP contribution < -0.4 is 0 Å². The fourth-order valence-corrected chi connectivity index (χ4v) is 1.95. The lowest BCUT2D eigenvalue weighted by atomic mass is 9.91. The third-order valence-corrected chi connectivity index (χ3v) is 2.91. The van der Waals surface area contributed by atoms with E-state index in [1.807, 2.05) is 13.8 Å². The Hall–Kier alpha value is -0.790. The van der Waals surface area contributed by atoms with Crippen molar-refractivity contribution < 1.29 is 9.53 Å². The average Bonchev–Trinajstić information content (AvgIpc) is 2.45. The van der Waals surface area contributed by atoms with Gasteiger partial charge in [0.1, 0.15) is 0 Å². The van der Waals surface area contributed by atoms with Gasteiger partial charge in [-0.3, -0.25) is 0 Å². The molecule has 0 unspecified atom stereocenters. The zero-order chi connectivity index (χ0) is 10.8. The molecular weight excluding hydrogens is 176 g/mol. The second kappa shape index (κ2) is 4.16. The molecule has 0 bridgehead atoms. The third kappa shape index (κ3) is 2.60. The van der Waals surface area contributed by atoms with Gasteiger partial charge in [0.25, 0.3) is 0 Å². The number of hydrogen-bond acceptors (Lipinski definition) is 2. The highest BCUT2D eigenvalue weighted by atomic mass is 16.5. The predicted molar refractivity (Wildman–Crippen MR) is 57.0 cm³/mol. The lowest BCUT2D eigenvalue weighted by molar-refractivity contribution is -0.138. The summed E-state index contributed by atoms with van der Waals surface area (Å²) in [6.45, 7) is 8.69. The Labute approximate surface area is 86.3 Å². The summed E-state index contributed by atoms with van der Waals surface area (Å²) in [6, 6.07) is 0. The summed E-state index contributed by atoms with van der Waals surface area (Å²) >= 11 is 0. The normalized spacial score (nSPS) is 23.4. The molecule has 0 aromatic heterocycles. The second-order valence-corrected chi connectivity index (χ2v) is 4.79. The maximum atomic E-state index is 11.5. The molecule has 0 radical (unpaired) electrons. The van der Waals surface area contributed by atoms with Crippen molar-refractivity contribution in [2.75, 3.05) is 6.61 Å². The van der Waals surface area contributed by atoms with Gasteiger partial charge in [0.05, 0.1) is 6.61 Å². The minimum atomic E-state index is -0.139. The highest BCUT2D eigenvalue weighted by Crippen LogP contribution is 2.41. The van der Waals surface area contributed by atoms with E-state index in [9.17, 15) is 4.79 Å². The fraction of sp³-hybridized carbons (Fsp3) is 0.750. The van der Waals surface area contributed by atoms with Gasteiger partial charge in [-0.1, -0.05) is 19.4 Å². The molecule has 2 nitrogen and oxygen atoms in total. The quantitative estimate of drug-likeness (QED) is 0.501. The molecule has 1 aliphatic carbocycles. The van der Waals surface area contributed by atoms with Crippen LogP contribution in [0.25, 0.3) is 0 Å². The summed E-state index contributed by atoms with van der Waals surface area (Å²) < 4.78 is 4.99. The van der Waals surface area contributed by atoms with E-state index in [1.54, 1.807) is 0 Å². The minimum absolute atomic E-state index is 0.139. The monoisotopic (exact) mass is 196 g/mol. The van der Waals surface area contributed by atoms with Crippen LogP contribution in [-0.4, -0.2) is 12.6 Å². The Bertz CT molecular complexity index is 261. The number of rotatable bonds is 2. The molecule has 0 spiro atoms. The highest BCUT2D eigenvalue weighted by Gasteiger charge is 2.29. The molecular formula is C12H20O2. The molecule has 80 valence electrons. The molecule has 1 rings (SSSR count). The number of ether oxygens (including phenoxy) is 1. The maximum absolute atomic E-state index is 11.5. The van der Waals surface area contributed by atoms with Crippen LogP contribution in [0.2, 0.25) is 0 Å². The predicted octanol–water partition coefficient (Wildman–Crippen LogP) is 3.08. The summed E-state index contributed by atoms with van der Waals surface area (Å²) in [5.41, 5.74) is 2.48. The van der Waals surface area contributed by atoms with Crippen LogP contribution in [0.3, 0.4) is 0 Å². The number of carbonyl (C=O) groups excluding carboxylic acids is 1. The van der Waals surface area contributed by atoms with E-state index in [0.29, 0.717) is 12.0 Å². The molecule has 14 heavy (non-hydrogen) atoms. The van der Waals surface area contributed by atoms with Crippen molar-refractivity contribution in [2.45, 2.75) is 47.0 Å². The first-order chi connectivity index (χ1) is 6.46. The van der Waals surface area contributed by atoms with Crippen molar-refractivity contribution in [3.05, 3.63) is 11.1 Å². The fourth-order valence-electron chi connectivity index (χ4n) is 1.95. The first-order valence-corrected chi connectivity index (χ1v) is 5.32. The van der Waals surface area contributed by atoms with Crippen LogP contribution in [0.1, 0.15) is 47.0 Å². The van der Waals surface area contributed by atoms with E-state index in [0.717, 1.165) is 18.4 Å². The topological polar surface area (TPSA) is 26.3 Å². The van der Waals surface area contributed by atoms with E-state index < -0.39 is 0 Å². The Morgan fingerprint density at radius 2 is 2.14 bits per heavy atom. The Kier molecular flexibility index (Phi) is 3.35. The minimum Gasteiger partial charge on any atom is -0.463 e. The van der Waals surface area contributed by atoms with Gasteiger partial charge in [-0.05, 0) is 38.5 Å². The zero-order valence-corrected chi connectivity index (χ0v) is 9.64. The molecule has 0 amide bonds. The van der Waals surface area contributed by atoms with Gasteiger partial charge in [0.15, 0.2) is 0 Å². The van der Waals surface area contributed by atoms with E-state index in [2.05, 4.69) is 13.8 Å². The van der Waals surface area contributed by atoms with Crippen LogP contribution in [0.15, 0.2) is 11.1 Å². The average molecular weight is 196 g/mol. The molecule has 0 aromatic carbocycles. The summed E-state index contributed by atoms with van der Waals surface area (Å²) in [7, 11) is 0. The zero-order valence-electron chi connectivity index (χ0n) is 9.64. The molecule has 1 saturated carbocycles. The van der Waals surface area contributed by atoms with Crippen molar-refractivity contribution in [3.63, 3.8) is 0 Å². The van der Waals surface area contributed by atoms with Gasteiger partial charge in [-0.25, -0.2) is 4.79 Å². The van der Waals surface area contributed by atoms with Gasteiger partial charge >= 0.3 is 5.97 Å². The Balaban J connectivity index is 2.71. The highest BCUT2D eigenvalue weighted by molar-refractivity contribution is 5.88. The van der Waals surface area contributed by atoms with Crippen LogP contribution in [-0.2, 0) is 9.53 Å². The Morgan fingerprint density at radius 3 is 2.57 bits per heavy atom. The number of hydrogen-bond donors (Lipinski definition) is 0. The van der Waals surface area contributed by atoms with Crippen molar-refractivity contribution >= 4 is 5.97 Å². The van der Waals surface area contributed by atoms with Crippen molar-refractivity contribution in [1.29, 1.82) is 0 Å². The first kappa shape index (κ1) is 11.3. The molecule has 0 aliphatic heterocycles. The maximum Gasteiger partial charge on any atom is 0.333 e. The standard InChI is InChI=1S/C12H20O2/c1-5-14-11(13)9(2)10-6-7-12(3,4)8-10/h5-8H2,1-4H3/b10-9+. The summed E-state index contributed by atoms with van der Waals surface area (Å²) in [6.07, 6.45) is 3.27. The first-order valence-electron chi connectivity index (χ1n) is 5.32. The number of carbonyl (C=O) groups is 1. The number of esters is 1. The molecule has 0 saturated heterocycles. The second-order valence-electron chi connectivity index (χ2n) is 4.79. The Morgan fingerprint density at radius 1 is 1.50 bits per heavy atom. The van der Waals surface area contributed by atoms with Crippen LogP contribution in [0.5, 0.6) is 0 Å². The molecule has 0 N–H and O–H groups in total. The van der Waals surface area contributed by atoms with E-state index >= 15 is 0 Å². The van der Waals surface area contributed by atoms with Crippen LogP contribution >= 0.6 is 0 Å². The molecule has 0 aromatic rings. The molecule has 2 heteroatoms. The van der Waals surface area contributed by atoms with Gasteiger partial charge in [-0.15, -0.1) is 0 Å². The number of allylic oxidation sites excluding steroid dienone is 1. The lowest BCUT2D eigenvalue weighted by Crippen LogP contribution is -2.08. The molecule has 1 aliphatic rings. The van der Waals surface area contributed by atoms with Gasteiger partial charge in [0, 0.05) is 5.57 Å². The molecule has 0 atom stereocenters. The molecule has 1 fully saturated rings. The van der Waals surface area contributed by atoms with Gasteiger partial charge in [0.2, 0.25) is 0 Å². The smallest absolute Gasteiger partial charge is 0.333 e. The van der Waals surface area contributed by atoms with Gasteiger partial charge < -0.3 is 4.74 Å². The van der Waals surface area contributed by atoms with Crippen molar-refractivity contribution in [3.8, 4) is 0 Å². The van der Waals surface area contributed by atoms with E-state index in [1.165, 1.54) is 12.0 Å². The van der Waals surface area contributed by atoms with Crippen molar-refractivity contribution in [1.82, 2.24) is 0 Å². The lowest BCUT2D eigenvalue weighted by Gasteiger charge is -2.14. The van der Waals surface area contributed by atoms with Crippen molar-refractivity contribution in [2.24, 2.45) is 5.41 Å². The third-order valence-electron chi connectivity index (χ3n) is 2.91. The van der Waals surface area contributed by atoms with Crippen LogP contribution in [0.4, 0.5) is 0 Å². The summed E-state index contributed by atoms with van der Waals surface area (Å²) in [4.78, 5) is 11.5.